The third-order valence-electron chi connectivity index (χ3n) is 6.63. The predicted octanol–water partition coefficient (Wildman–Crippen LogP) is 1.81. The van der Waals surface area contributed by atoms with Crippen LogP contribution in [0.3, 0.4) is 0 Å². The molecule has 12 heteroatoms. The van der Waals surface area contributed by atoms with Crippen molar-refractivity contribution in [1.82, 2.24) is 33.8 Å². The van der Waals surface area contributed by atoms with Gasteiger partial charge in [0.1, 0.15) is 16.9 Å². The molecule has 178 valence electrons. The van der Waals surface area contributed by atoms with Crippen LogP contribution in [-0.4, -0.2) is 74.8 Å². The van der Waals surface area contributed by atoms with Gasteiger partial charge in [0, 0.05) is 42.6 Å². The van der Waals surface area contributed by atoms with Gasteiger partial charge in [-0.2, -0.15) is 19.8 Å². The Bertz CT molecular complexity index is 1580. The number of rotatable bonds is 6. The molecule has 0 radical (unpaired) electrons. The third-order valence-corrected chi connectivity index (χ3v) is 7.82. The lowest BCUT2D eigenvalue weighted by molar-refractivity contribution is -0.0286. The van der Waals surface area contributed by atoms with E-state index in [1.807, 2.05) is 35.1 Å². The minimum absolute atomic E-state index is 0.153. The summed E-state index contributed by atoms with van der Waals surface area (Å²) in [5.74, 6) is 0. The molecule has 0 unspecified atom stereocenters. The fourth-order valence-corrected chi connectivity index (χ4v) is 5.46. The van der Waals surface area contributed by atoms with Gasteiger partial charge in [0.2, 0.25) is 10.0 Å². The van der Waals surface area contributed by atoms with Gasteiger partial charge in [-0.05, 0) is 24.3 Å². The molecule has 2 saturated heterocycles. The second-order valence-corrected chi connectivity index (χ2v) is 11.0. The first-order valence-electron chi connectivity index (χ1n) is 11.1. The van der Waals surface area contributed by atoms with Gasteiger partial charge in [0.05, 0.1) is 55.4 Å². The van der Waals surface area contributed by atoms with E-state index in [1.165, 1.54) is 10.6 Å². The Labute approximate surface area is 201 Å². The zero-order valence-electron chi connectivity index (χ0n) is 18.9. The van der Waals surface area contributed by atoms with E-state index in [2.05, 4.69) is 16.2 Å². The molecule has 0 atom stereocenters. The number of nitriles is 1. The SMILES string of the molecule is CS(=O)(=O)N1CC(CC#N)(n2ccc(-c3nc(-c4cnn(C5COC5)c4)cc4ncccc34)n2)C1. The van der Waals surface area contributed by atoms with Gasteiger partial charge in [-0.3, -0.25) is 14.3 Å². The average molecular weight is 491 g/mol. The quantitative estimate of drug-likeness (QED) is 0.400. The number of sulfonamides is 1. The summed E-state index contributed by atoms with van der Waals surface area (Å²) >= 11 is 0. The van der Waals surface area contributed by atoms with Crippen molar-refractivity contribution in [1.29, 1.82) is 5.26 Å². The molecule has 0 aliphatic carbocycles. The number of ether oxygens (including phenoxy) is 1. The second-order valence-electron chi connectivity index (χ2n) is 9.06. The molecule has 6 heterocycles. The van der Waals surface area contributed by atoms with Gasteiger partial charge in [-0.25, -0.2) is 13.4 Å². The predicted molar refractivity (Wildman–Crippen MR) is 126 cm³/mol. The number of fused-ring (bicyclic) bond motifs is 1. The molecule has 2 aliphatic rings. The summed E-state index contributed by atoms with van der Waals surface area (Å²) in [6.45, 7) is 1.72. The fourth-order valence-electron chi connectivity index (χ4n) is 4.51. The maximum Gasteiger partial charge on any atom is 0.211 e. The van der Waals surface area contributed by atoms with Crippen molar-refractivity contribution >= 4 is 20.9 Å². The molecule has 4 aromatic heterocycles. The van der Waals surface area contributed by atoms with Gasteiger partial charge in [0.25, 0.3) is 0 Å². The highest BCUT2D eigenvalue weighted by Gasteiger charge is 2.49. The highest BCUT2D eigenvalue weighted by molar-refractivity contribution is 7.88. The summed E-state index contributed by atoms with van der Waals surface area (Å²) in [4.78, 5) is 9.46. The first kappa shape index (κ1) is 21.8. The average Bonchev–Trinajstić information content (AvgIpc) is 3.44. The van der Waals surface area contributed by atoms with Crippen molar-refractivity contribution in [3.63, 3.8) is 0 Å². The van der Waals surface area contributed by atoms with E-state index in [-0.39, 0.29) is 25.6 Å². The summed E-state index contributed by atoms with van der Waals surface area (Å²) in [7, 11) is -3.33. The highest BCUT2D eigenvalue weighted by Crippen LogP contribution is 2.36. The molecule has 0 bridgehead atoms. The Kier molecular flexibility index (Phi) is 4.96. The van der Waals surface area contributed by atoms with Crippen molar-refractivity contribution in [3.8, 4) is 28.7 Å². The van der Waals surface area contributed by atoms with Crippen molar-refractivity contribution in [3.05, 3.63) is 49.1 Å². The molecule has 0 N–H and O–H groups in total. The zero-order chi connectivity index (χ0) is 24.2. The lowest BCUT2D eigenvalue weighted by Crippen LogP contribution is -2.63. The number of hydrogen-bond acceptors (Lipinski definition) is 8. The molecule has 0 aromatic carbocycles. The topological polar surface area (TPSA) is 132 Å². The van der Waals surface area contributed by atoms with E-state index >= 15 is 0 Å². The molecule has 35 heavy (non-hydrogen) atoms. The van der Waals surface area contributed by atoms with E-state index in [9.17, 15) is 13.7 Å². The molecule has 0 amide bonds. The minimum Gasteiger partial charge on any atom is -0.377 e. The van der Waals surface area contributed by atoms with Crippen molar-refractivity contribution in [2.24, 2.45) is 0 Å². The number of nitrogens with zero attached hydrogens (tertiary/aromatic N) is 8. The number of hydrogen-bond donors (Lipinski definition) is 0. The number of pyridine rings is 2. The van der Waals surface area contributed by atoms with E-state index in [0.29, 0.717) is 24.6 Å². The highest BCUT2D eigenvalue weighted by atomic mass is 32.2. The lowest BCUT2D eigenvalue weighted by Gasteiger charge is -2.47. The Morgan fingerprint density at radius 3 is 2.80 bits per heavy atom. The Balaban J connectivity index is 1.40. The molecular weight excluding hydrogens is 468 g/mol. The monoisotopic (exact) mass is 490 g/mol. The fraction of sp³-hybridized carbons (Fsp3) is 0.348. The van der Waals surface area contributed by atoms with Gasteiger partial charge in [-0.15, -0.1) is 0 Å². The van der Waals surface area contributed by atoms with Crippen LogP contribution in [0.25, 0.3) is 33.5 Å². The Morgan fingerprint density at radius 2 is 2.09 bits per heavy atom. The number of aromatic nitrogens is 6. The normalized spacial score (nSPS) is 18.2. The molecular formula is C23H22N8O3S. The van der Waals surface area contributed by atoms with Gasteiger partial charge in [0.15, 0.2) is 0 Å². The Hall–Kier alpha value is -3.66. The largest absolute Gasteiger partial charge is 0.377 e. The second kappa shape index (κ2) is 7.94. The smallest absolute Gasteiger partial charge is 0.211 e. The van der Waals surface area contributed by atoms with Crippen LogP contribution in [0.4, 0.5) is 0 Å². The molecule has 6 rings (SSSR count). The van der Waals surface area contributed by atoms with Crippen LogP contribution in [0.2, 0.25) is 0 Å². The molecule has 4 aromatic rings. The van der Waals surface area contributed by atoms with Crippen LogP contribution in [0.5, 0.6) is 0 Å². The molecule has 0 saturated carbocycles. The van der Waals surface area contributed by atoms with Crippen molar-refractivity contribution in [2.75, 3.05) is 32.6 Å². The van der Waals surface area contributed by atoms with Crippen molar-refractivity contribution < 1.29 is 13.2 Å². The molecule has 0 spiro atoms. The summed E-state index contributed by atoms with van der Waals surface area (Å²) in [6.07, 6.45) is 8.60. The van der Waals surface area contributed by atoms with E-state index in [4.69, 9.17) is 14.8 Å². The van der Waals surface area contributed by atoms with Crippen molar-refractivity contribution in [2.45, 2.75) is 18.0 Å². The first-order valence-corrected chi connectivity index (χ1v) is 13.0. The molecule has 2 aliphatic heterocycles. The summed E-state index contributed by atoms with van der Waals surface area (Å²) < 4.78 is 34.1. The van der Waals surface area contributed by atoms with Crippen LogP contribution >= 0.6 is 0 Å². The van der Waals surface area contributed by atoms with Crippen LogP contribution in [0.1, 0.15) is 12.5 Å². The standard InChI is InChI=1S/C23H22N8O3S/c1-35(32,33)29-14-23(15-29,5-6-24)31-8-4-19(28-31)22-18-3-2-7-25-21(18)9-20(27-22)16-10-26-30(11-16)17-12-34-13-17/h2-4,7-11,17H,5,12-15H2,1H3. The van der Waals surface area contributed by atoms with E-state index in [1.54, 1.807) is 23.3 Å². The molecule has 2 fully saturated rings. The van der Waals surface area contributed by atoms with E-state index < -0.39 is 15.6 Å². The molecule has 11 nitrogen and oxygen atoms in total. The van der Waals surface area contributed by atoms with Crippen LogP contribution < -0.4 is 0 Å². The van der Waals surface area contributed by atoms with Crippen LogP contribution in [-0.2, 0) is 20.3 Å². The lowest BCUT2D eigenvalue weighted by atomic mass is 9.89. The summed E-state index contributed by atoms with van der Waals surface area (Å²) in [6, 6.07) is 10.00. The summed E-state index contributed by atoms with van der Waals surface area (Å²) in [5, 5.41) is 19.5. The zero-order valence-corrected chi connectivity index (χ0v) is 19.8. The summed E-state index contributed by atoms with van der Waals surface area (Å²) in [5.41, 5.74) is 2.96. The third kappa shape index (κ3) is 3.68. The maximum absolute atomic E-state index is 11.9. The Morgan fingerprint density at radius 1 is 1.26 bits per heavy atom. The minimum atomic E-state index is -3.33. The van der Waals surface area contributed by atoms with Gasteiger partial charge < -0.3 is 4.74 Å². The maximum atomic E-state index is 11.9. The van der Waals surface area contributed by atoms with Gasteiger partial charge in [-0.1, -0.05) is 0 Å². The van der Waals surface area contributed by atoms with E-state index in [0.717, 1.165) is 22.2 Å². The first-order chi connectivity index (χ1) is 16.9. The van der Waals surface area contributed by atoms with Gasteiger partial charge >= 0.3 is 0 Å². The van der Waals surface area contributed by atoms with Crippen LogP contribution in [0.15, 0.2) is 49.1 Å². The van der Waals surface area contributed by atoms with Crippen LogP contribution in [0, 0.1) is 11.3 Å².